The van der Waals surface area contributed by atoms with Gasteiger partial charge < -0.3 is 23.8 Å². The molecular formula is C33H60NO7+. The second-order valence-corrected chi connectivity index (χ2v) is 11.7. The number of carbonyl (C=O) groups is 3. The minimum absolute atomic E-state index is 0.0401. The van der Waals surface area contributed by atoms with E-state index in [-0.39, 0.29) is 42.7 Å². The summed E-state index contributed by atoms with van der Waals surface area (Å²) in [5, 5.41) is 9.51. The molecule has 0 heterocycles. The number of carboxylic acids is 1. The highest BCUT2D eigenvalue weighted by atomic mass is 16.6. The molecule has 2 unspecified atom stereocenters. The molecule has 1 N–H and O–H groups in total. The highest BCUT2D eigenvalue weighted by Gasteiger charge is 2.31. The molecule has 41 heavy (non-hydrogen) atoms. The summed E-state index contributed by atoms with van der Waals surface area (Å²) in [4.78, 5) is 36.3. The van der Waals surface area contributed by atoms with Crippen LogP contribution in [0.4, 0.5) is 0 Å². The Morgan fingerprint density at radius 1 is 0.756 bits per heavy atom. The summed E-state index contributed by atoms with van der Waals surface area (Å²) < 4.78 is 16.9. The first-order valence-corrected chi connectivity index (χ1v) is 15.9. The summed E-state index contributed by atoms with van der Waals surface area (Å²) >= 11 is 0. The lowest BCUT2D eigenvalue weighted by atomic mass is 10.1. The van der Waals surface area contributed by atoms with Crippen molar-refractivity contribution in [2.75, 3.05) is 41.0 Å². The number of nitrogens with zero attached hydrogens (tertiary/aromatic N) is 1. The Kier molecular flexibility index (Phi) is 24.2. The molecule has 0 saturated carbocycles. The van der Waals surface area contributed by atoms with Crippen LogP contribution in [0.2, 0.25) is 0 Å². The number of carbonyl (C=O) groups excluding carboxylic acids is 2. The van der Waals surface area contributed by atoms with Crippen LogP contribution < -0.4 is 0 Å². The first kappa shape index (κ1) is 38.8. The second-order valence-electron chi connectivity index (χ2n) is 11.7. The second kappa shape index (κ2) is 25.5. The molecule has 0 saturated heterocycles. The van der Waals surface area contributed by atoms with Gasteiger partial charge in [0.1, 0.15) is 6.61 Å². The van der Waals surface area contributed by atoms with E-state index in [9.17, 15) is 19.5 Å². The maximum absolute atomic E-state index is 12.4. The van der Waals surface area contributed by atoms with Crippen molar-refractivity contribution in [3.63, 3.8) is 0 Å². The fourth-order valence-electron chi connectivity index (χ4n) is 4.38. The Labute approximate surface area is 250 Å². The van der Waals surface area contributed by atoms with E-state index in [4.69, 9.17) is 14.2 Å². The van der Waals surface area contributed by atoms with E-state index in [0.717, 1.165) is 32.1 Å². The maximum Gasteiger partial charge on any atom is 0.362 e. The predicted molar refractivity (Wildman–Crippen MR) is 165 cm³/mol. The molecule has 8 heteroatoms. The molecule has 238 valence electrons. The molecule has 8 nitrogen and oxygen atoms in total. The summed E-state index contributed by atoms with van der Waals surface area (Å²) in [6.07, 6.45) is 22.6. The SMILES string of the molecule is CC/C=C/C/C=C/CCC(=O)OC(COCCC(C(=O)O)[N+](C)(C)C)COC(=O)CCCCCCCCCCCC. The molecule has 0 aromatic carbocycles. The van der Waals surface area contributed by atoms with Gasteiger partial charge in [0.05, 0.1) is 34.4 Å². The molecular weight excluding hydrogens is 522 g/mol. The average Bonchev–Trinajstić information content (AvgIpc) is 2.91. The van der Waals surface area contributed by atoms with Gasteiger partial charge in [-0.05, 0) is 25.7 Å². The molecule has 0 aromatic rings. The first-order valence-electron chi connectivity index (χ1n) is 15.9. The number of esters is 2. The van der Waals surface area contributed by atoms with Crippen molar-refractivity contribution in [2.45, 2.75) is 129 Å². The van der Waals surface area contributed by atoms with Crippen molar-refractivity contribution in [1.82, 2.24) is 0 Å². The Morgan fingerprint density at radius 2 is 1.37 bits per heavy atom. The Hall–Kier alpha value is -2.19. The van der Waals surface area contributed by atoms with Crippen LogP contribution >= 0.6 is 0 Å². The molecule has 0 aromatic heterocycles. The van der Waals surface area contributed by atoms with Crippen molar-refractivity contribution >= 4 is 17.9 Å². The van der Waals surface area contributed by atoms with Gasteiger partial charge in [0.15, 0.2) is 12.1 Å². The fraction of sp³-hybridized carbons (Fsp3) is 0.788. The van der Waals surface area contributed by atoms with E-state index >= 15 is 0 Å². The van der Waals surface area contributed by atoms with Crippen molar-refractivity contribution < 1.29 is 38.2 Å². The van der Waals surface area contributed by atoms with Crippen molar-refractivity contribution in [1.29, 1.82) is 0 Å². The number of unbranched alkanes of at least 4 members (excludes halogenated alkanes) is 9. The topological polar surface area (TPSA) is 99.1 Å². The van der Waals surface area contributed by atoms with E-state index in [2.05, 4.69) is 26.0 Å². The third kappa shape index (κ3) is 24.1. The van der Waals surface area contributed by atoms with Gasteiger partial charge in [-0.3, -0.25) is 9.59 Å². The predicted octanol–water partition coefficient (Wildman–Crippen LogP) is 7.01. The Bertz CT molecular complexity index is 742. The van der Waals surface area contributed by atoms with E-state index in [1.165, 1.54) is 44.9 Å². The smallest absolute Gasteiger partial charge is 0.362 e. The minimum Gasteiger partial charge on any atom is -0.477 e. The molecule has 0 bridgehead atoms. The van der Waals surface area contributed by atoms with Gasteiger partial charge in [0.2, 0.25) is 0 Å². The van der Waals surface area contributed by atoms with Crippen LogP contribution in [0.3, 0.4) is 0 Å². The zero-order chi connectivity index (χ0) is 30.8. The summed E-state index contributed by atoms with van der Waals surface area (Å²) in [6, 6.07) is -0.617. The third-order valence-corrected chi connectivity index (χ3v) is 6.88. The summed E-state index contributed by atoms with van der Waals surface area (Å²) in [7, 11) is 5.48. The lowest BCUT2D eigenvalue weighted by Crippen LogP contribution is -2.50. The van der Waals surface area contributed by atoms with Gasteiger partial charge in [-0.25, -0.2) is 4.79 Å². The minimum atomic E-state index is -0.886. The standard InChI is InChI=1S/C33H59NO7/c1-6-8-10-12-14-15-16-18-19-21-23-31(35)40-28-29(27-39-26-25-30(33(37)38)34(3,4)5)41-32(36)24-22-20-17-13-11-9-7-2/h9,11,17,20,29-30H,6-8,10,12-16,18-19,21-28H2,1-5H3/p+1/b11-9+,20-17+. The first-order chi connectivity index (χ1) is 19.6. The molecule has 0 aliphatic rings. The highest BCUT2D eigenvalue weighted by molar-refractivity contribution is 5.72. The molecule has 0 aliphatic carbocycles. The van der Waals surface area contributed by atoms with Gasteiger partial charge in [-0.1, -0.05) is 95.9 Å². The fourth-order valence-corrected chi connectivity index (χ4v) is 4.38. The normalized spacial score (nSPS) is 13.5. The number of hydrogen-bond donors (Lipinski definition) is 1. The number of hydrogen-bond acceptors (Lipinski definition) is 6. The molecule has 0 spiro atoms. The maximum atomic E-state index is 12.4. The third-order valence-electron chi connectivity index (χ3n) is 6.88. The van der Waals surface area contributed by atoms with E-state index in [0.29, 0.717) is 19.3 Å². The van der Waals surface area contributed by atoms with Gasteiger partial charge in [-0.15, -0.1) is 0 Å². The van der Waals surface area contributed by atoms with Crippen LogP contribution in [0.25, 0.3) is 0 Å². The van der Waals surface area contributed by atoms with E-state index in [1.54, 1.807) is 0 Å². The Morgan fingerprint density at radius 3 is 1.95 bits per heavy atom. The van der Waals surface area contributed by atoms with Gasteiger partial charge in [0.25, 0.3) is 0 Å². The van der Waals surface area contributed by atoms with Gasteiger partial charge >= 0.3 is 17.9 Å². The summed E-state index contributed by atoms with van der Waals surface area (Å²) in [5.41, 5.74) is 0. The lowest BCUT2D eigenvalue weighted by Gasteiger charge is -2.31. The largest absolute Gasteiger partial charge is 0.477 e. The molecule has 0 fully saturated rings. The van der Waals surface area contributed by atoms with Gasteiger partial charge in [-0.2, -0.15) is 0 Å². The number of quaternary nitrogens is 1. The van der Waals surface area contributed by atoms with Crippen molar-refractivity contribution in [3.05, 3.63) is 24.3 Å². The number of rotatable bonds is 27. The quantitative estimate of drug-likeness (QED) is 0.0481. The number of ether oxygens (including phenoxy) is 3. The molecule has 0 radical (unpaired) electrons. The zero-order valence-electron chi connectivity index (χ0n) is 26.7. The number of carboxylic acid groups (broad SMARTS) is 1. The van der Waals surface area contributed by atoms with Crippen molar-refractivity contribution in [2.24, 2.45) is 0 Å². The van der Waals surface area contributed by atoms with Crippen LogP contribution in [-0.2, 0) is 28.6 Å². The van der Waals surface area contributed by atoms with Crippen LogP contribution in [0.15, 0.2) is 24.3 Å². The summed E-state index contributed by atoms with van der Waals surface area (Å²) in [6.45, 7) is 4.48. The molecule has 0 rings (SSSR count). The molecule has 0 amide bonds. The number of aliphatic carboxylic acids is 1. The van der Waals surface area contributed by atoms with E-state index < -0.39 is 18.1 Å². The molecule has 0 aliphatic heterocycles. The van der Waals surface area contributed by atoms with Gasteiger partial charge in [0, 0.05) is 19.3 Å². The van der Waals surface area contributed by atoms with Crippen LogP contribution in [0, 0.1) is 0 Å². The van der Waals surface area contributed by atoms with Crippen LogP contribution in [0.5, 0.6) is 0 Å². The highest BCUT2D eigenvalue weighted by Crippen LogP contribution is 2.12. The monoisotopic (exact) mass is 582 g/mol. The van der Waals surface area contributed by atoms with Crippen LogP contribution in [-0.4, -0.2) is 80.6 Å². The zero-order valence-corrected chi connectivity index (χ0v) is 26.7. The van der Waals surface area contributed by atoms with Crippen molar-refractivity contribution in [3.8, 4) is 0 Å². The lowest BCUT2D eigenvalue weighted by molar-refractivity contribution is -0.887. The Balaban J connectivity index is 4.54. The number of likely N-dealkylation sites (N-methyl/N-ethyl adjacent to an activating group) is 1. The summed E-state index contributed by atoms with van der Waals surface area (Å²) in [5.74, 6) is -1.57. The molecule has 2 atom stereocenters. The van der Waals surface area contributed by atoms with Crippen LogP contribution in [0.1, 0.15) is 117 Å². The van der Waals surface area contributed by atoms with E-state index in [1.807, 2.05) is 33.3 Å². The number of allylic oxidation sites excluding steroid dienone is 4. The average molecular weight is 583 g/mol.